The summed E-state index contributed by atoms with van der Waals surface area (Å²) in [6.07, 6.45) is 0. The van der Waals surface area contributed by atoms with Crippen molar-refractivity contribution in [2.24, 2.45) is 23.0 Å². The highest BCUT2D eigenvalue weighted by atomic mass is 16.1. The third-order valence-corrected chi connectivity index (χ3v) is 1.91. The summed E-state index contributed by atoms with van der Waals surface area (Å²) in [5, 5.41) is 0. The molecule has 11 heavy (non-hydrogen) atoms. The Balaban J connectivity index is 4.49. The molecule has 1 atom stereocenters. The highest BCUT2D eigenvalue weighted by molar-refractivity contribution is 5.77. The van der Waals surface area contributed by atoms with Gasteiger partial charge in [-0.1, -0.05) is 34.6 Å². The smallest absolute Gasteiger partial charge is 0.221 e. The first-order valence-electron chi connectivity index (χ1n) is 4.06. The van der Waals surface area contributed by atoms with E-state index in [4.69, 9.17) is 5.73 Å². The van der Waals surface area contributed by atoms with Gasteiger partial charge in [-0.25, -0.2) is 0 Å². The minimum absolute atomic E-state index is 0.0139. The number of amides is 1. The lowest BCUT2D eigenvalue weighted by atomic mass is 9.74. The number of rotatable bonds is 2. The molecule has 1 amide bonds. The van der Waals surface area contributed by atoms with Gasteiger partial charge in [0.05, 0.1) is 0 Å². The number of primary amides is 1. The fourth-order valence-corrected chi connectivity index (χ4v) is 1.76. The SMILES string of the molecule is CC(C)[C@@H](C(N)=O)C(C)(C)C. The molecular formula is C9H19NO. The van der Waals surface area contributed by atoms with E-state index >= 15 is 0 Å². The Kier molecular flexibility index (Phi) is 3.09. The van der Waals surface area contributed by atoms with E-state index in [1.807, 2.05) is 34.6 Å². The first-order chi connectivity index (χ1) is 4.76. The molecule has 0 rings (SSSR count). The fraction of sp³-hybridized carbons (Fsp3) is 0.889. The Morgan fingerprint density at radius 2 is 1.64 bits per heavy atom. The summed E-state index contributed by atoms with van der Waals surface area (Å²) < 4.78 is 0. The van der Waals surface area contributed by atoms with Crippen molar-refractivity contribution >= 4 is 5.91 Å². The summed E-state index contributed by atoms with van der Waals surface area (Å²) in [5.41, 5.74) is 5.27. The zero-order valence-corrected chi connectivity index (χ0v) is 8.14. The molecule has 0 radical (unpaired) electrons. The van der Waals surface area contributed by atoms with Gasteiger partial charge in [-0.2, -0.15) is 0 Å². The zero-order valence-electron chi connectivity index (χ0n) is 8.14. The van der Waals surface area contributed by atoms with Crippen molar-refractivity contribution in [2.45, 2.75) is 34.6 Å². The summed E-state index contributed by atoms with van der Waals surface area (Å²) in [6.45, 7) is 10.2. The van der Waals surface area contributed by atoms with E-state index in [9.17, 15) is 4.79 Å². The van der Waals surface area contributed by atoms with Crippen LogP contribution in [0.15, 0.2) is 0 Å². The molecule has 0 bridgehead atoms. The van der Waals surface area contributed by atoms with Gasteiger partial charge >= 0.3 is 0 Å². The van der Waals surface area contributed by atoms with Gasteiger partial charge < -0.3 is 5.73 Å². The third kappa shape index (κ3) is 2.91. The summed E-state index contributed by atoms with van der Waals surface area (Å²) in [5.74, 6) is 0.113. The van der Waals surface area contributed by atoms with Crippen LogP contribution in [0.2, 0.25) is 0 Å². The summed E-state index contributed by atoms with van der Waals surface area (Å²) in [7, 11) is 0. The highest BCUT2D eigenvalue weighted by Crippen LogP contribution is 2.31. The monoisotopic (exact) mass is 157 g/mol. The van der Waals surface area contributed by atoms with Crippen molar-refractivity contribution in [3.8, 4) is 0 Å². The van der Waals surface area contributed by atoms with Crippen LogP contribution in [0, 0.1) is 17.3 Å². The van der Waals surface area contributed by atoms with Gasteiger partial charge in [0.1, 0.15) is 0 Å². The van der Waals surface area contributed by atoms with E-state index in [1.165, 1.54) is 0 Å². The molecule has 0 heterocycles. The average molecular weight is 157 g/mol. The third-order valence-electron chi connectivity index (χ3n) is 1.91. The molecule has 0 saturated heterocycles. The van der Waals surface area contributed by atoms with E-state index < -0.39 is 0 Å². The topological polar surface area (TPSA) is 43.1 Å². The Labute approximate surface area is 69.2 Å². The van der Waals surface area contributed by atoms with E-state index in [2.05, 4.69) is 0 Å². The molecule has 0 aliphatic carbocycles. The Morgan fingerprint density at radius 3 is 1.64 bits per heavy atom. The van der Waals surface area contributed by atoms with Gasteiger partial charge in [-0.15, -0.1) is 0 Å². The Bertz CT molecular complexity index is 144. The maximum absolute atomic E-state index is 11.0. The van der Waals surface area contributed by atoms with E-state index in [0.717, 1.165) is 0 Å². The minimum atomic E-state index is -0.187. The lowest BCUT2D eigenvalue weighted by Gasteiger charge is -2.30. The molecule has 66 valence electrons. The van der Waals surface area contributed by atoms with Crippen molar-refractivity contribution < 1.29 is 4.79 Å². The number of hydrogen-bond acceptors (Lipinski definition) is 1. The first kappa shape index (κ1) is 10.5. The van der Waals surface area contributed by atoms with Crippen LogP contribution in [-0.2, 0) is 4.79 Å². The molecule has 0 aromatic heterocycles. The van der Waals surface area contributed by atoms with Crippen molar-refractivity contribution in [2.75, 3.05) is 0 Å². The maximum Gasteiger partial charge on any atom is 0.221 e. The van der Waals surface area contributed by atoms with Gasteiger partial charge in [-0.05, 0) is 11.3 Å². The lowest BCUT2D eigenvalue weighted by molar-refractivity contribution is -0.126. The second kappa shape index (κ2) is 3.24. The molecule has 2 nitrogen and oxygen atoms in total. The van der Waals surface area contributed by atoms with Crippen LogP contribution in [0.3, 0.4) is 0 Å². The Morgan fingerprint density at radius 1 is 1.27 bits per heavy atom. The summed E-state index contributed by atoms with van der Waals surface area (Å²) >= 11 is 0. The number of hydrogen-bond donors (Lipinski definition) is 1. The minimum Gasteiger partial charge on any atom is -0.369 e. The maximum atomic E-state index is 11.0. The van der Waals surface area contributed by atoms with E-state index in [1.54, 1.807) is 0 Å². The number of carbonyl (C=O) groups excluding carboxylic acids is 1. The van der Waals surface area contributed by atoms with Crippen LogP contribution in [-0.4, -0.2) is 5.91 Å². The summed E-state index contributed by atoms with van der Waals surface area (Å²) in [6, 6.07) is 0. The van der Waals surface area contributed by atoms with Crippen LogP contribution in [0.5, 0.6) is 0 Å². The standard InChI is InChI=1S/C9H19NO/c1-6(2)7(8(10)11)9(3,4)5/h6-7H,1-5H3,(H2,10,11)/t7-/m0/s1. The van der Waals surface area contributed by atoms with Crippen molar-refractivity contribution in [1.82, 2.24) is 0 Å². The quantitative estimate of drug-likeness (QED) is 0.652. The molecule has 2 heteroatoms. The summed E-state index contributed by atoms with van der Waals surface area (Å²) in [4.78, 5) is 11.0. The molecule has 0 aromatic rings. The van der Waals surface area contributed by atoms with Gasteiger partial charge in [0.2, 0.25) is 5.91 Å². The van der Waals surface area contributed by atoms with Gasteiger partial charge in [0.25, 0.3) is 0 Å². The number of carbonyl (C=O) groups is 1. The lowest BCUT2D eigenvalue weighted by Crippen LogP contribution is -2.37. The zero-order chi connectivity index (χ0) is 9.23. The molecule has 0 unspecified atom stereocenters. The van der Waals surface area contributed by atoms with Crippen LogP contribution in [0.25, 0.3) is 0 Å². The van der Waals surface area contributed by atoms with E-state index in [0.29, 0.717) is 5.92 Å². The molecule has 0 aliphatic heterocycles. The predicted octanol–water partition coefficient (Wildman–Crippen LogP) is 1.79. The normalized spacial score (nSPS) is 15.1. The molecule has 0 aliphatic rings. The molecule has 0 spiro atoms. The molecule has 2 N–H and O–H groups in total. The predicted molar refractivity (Wildman–Crippen MR) is 47.0 cm³/mol. The van der Waals surface area contributed by atoms with Crippen molar-refractivity contribution in [1.29, 1.82) is 0 Å². The van der Waals surface area contributed by atoms with Gasteiger partial charge in [-0.3, -0.25) is 4.79 Å². The van der Waals surface area contributed by atoms with Gasteiger partial charge in [0, 0.05) is 5.92 Å². The fourth-order valence-electron chi connectivity index (χ4n) is 1.76. The average Bonchev–Trinajstić information content (AvgIpc) is 1.54. The van der Waals surface area contributed by atoms with Crippen molar-refractivity contribution in [3.05, 3.63) is 0 Å². The molecule has 0 fully saturated rings. The van der Waals surface area contributed by atoms with Crippen LogP contribution in [0.1, 0.15) is 34.6 Å². The molecule has 0 aromatic carbocycles. The van der Waals surface area contributed by atoms with Crippen LogP contribution < -0.4 is 5.73 Å². The second-order valence-electron chi connectivity index (χ2n) is 4.49. The molecular weight excluding hydrogens is 138 g/mol. The van der Waals surface area contributed by atoms with Gasteiger partial charge in [0.15, 0.2) is 0 Å². The van der Waals surface area contributed by atoms with Crippen LogP contribution >= 0.6 is 0 Å². The van der Waals surface area contributed by atoms with Crippen LogP contribution in [0.4, 0.5) is 0 Å². The number of nitrogens with two attached hydrogens (primary N) is 1. The largest absolute Gasteiger partial charge is 0.369 e. The highest BCUT2D eigenvalue weighted by Gasteiger charge is 2.31. The molecule has 0 saturated carbocycles. The Hall–Kier alpha value is -0.530. The first-order valence-corrected chi connectivity index (χ1v) is 4.06. The van der Waals surface area contributed by atoms with Crippen molar-refractivity contribution in [3.63, 3.8) is 0 Å². The second-order valence-corrected chi connectivity index (χ2v) is 4.49. The van der Waals surface area contributed by atoms with E-state index in [-0.39, 0.29) is 17.2 Å².